The van der Waals surface area contributed by atoms with Crippen molar-refractivity contribution in [1.29, 1.82) is 0 Å². The van der Waals surface area contributed by atoms with Gasteiger partial charge in [0.25, 0.3) is 5.91 Å². The molecule has 110 valence electrons. The summed E-state index contributed by atoms with van der Waals surface area (Å²) in [6.07, 6.45) is 0. The normalized spacial score (nSPS) is 10.5. The van der Waals surface area contributed by atoms with Crippen LogP contribution in [0.4, 0.5) is 9.52 Å². The van der Waals surface area contributed by atoms with E-state index in [2.05, 4.69) is 30.6 Å². The fourth-order valence-electron chi connectivity index (χ4n) is 1.85. The summed E-state index contributed by atoms with van der Waals surface area (Å²) in [5.74, 6) is -0.645. The zero-order valence-electron chi connectivity index (χ0n) is 11.1. The number of benzene rings is 2. The first kappa shape index (κ1) is 14.8. The van der Waals surface area contributed by atoms with Crippen LogP contribution in [0.2, 0.25) is 0 Å². The first-order chi connectivity index (χ1) is 10.6. The van der Waals surface area contributed by atoms with Crippen LogP contribution in [-0.2, 0) is 0 Å². The maximum atomic E-state index is 13.8. The number of hydrogen-bond donors (Lipinski definition) is 1. The molecule has 1 heterocycles. The lowest BCUT2D eigenvalue weighted by molar-refractivity contribution is 0.102. The van der Waals surface area contributed by atoms with Crippen LogP contribution in [0.3, 0.4) is 0 Å². The van der Waals surface area contributed by atoms with Crippen LogP contribution in [-0.4, -0.2) is 15.3 Å². The van der Waals surface area contributed by atoms with Crippen LogP contribution >= 0.6 is 27.5 Å². The standard InChI is InChI=1S/C15H9BrFN3OS/c16-10-7-4-8-11(17)12(10)14(21)19-15-18-13(20-22-15)9-5-2-1-3-6-9/h1-8H,(H,18,19,20,21). The zero-order valence-corrected chi connectivity index (χ0v) is 13.5. The van der Waals surface area contributed by atoms with Crippen LogP contribution in [0.25, 0.3) is 11.4 Å². The summed E-state index contributed by atoms with van der Waals surface area (Å²) in [6.45, 7) is 0. The van der Waals surface area contributed by atoms with Crippen LogP contribution in [0.15, 0.2) is 53.0 Å². The molecule has 0 saturated carbocycles. The van der Waals surface area contributed by atoms with Crippen molar-refractivity contribution in [1.82, 2.24) is 9.36 Å². The second kappa shape index (κ2) is 6.33. The lowest BCUT2D eigenvalue weighted by Crippen LogP contribution is -2.14. The van der Waals surface area contributed by atoms with Gasteiger partial charge in [-0.15, -0.1) is 0 Å². The van der Waals surface area contributed by atoms with Gasteiger partial charge in [0, 0.05) is 21.6 Å². The Labute approximate surface area is 138 Å². The molecule has 0 bridgehead atoms. The van der Waals surface area contributed by atoms with E-state index < -0.39 is 11.7 Å². The van der Waals surface area contributed by atoms with Crippen molar-refractivity contribution in [2.75, 3.05) is 5.32 Å². The number of nitrogens with zero attached hydrogens (tertiary/aromatic N) is 2. The Morgan fingerprint density at radius 1 is 1.14 bits per heavy atom. The number of aromatic nitrogens is 2. The molecule has 22 heavy (non-hydrogen) atoms. The second-order valence-electron chi connectivity index (χ2n) is 4.34. The molecular weight excluding hydrogens is 369 g/mol. The van der Waals surface area contributed by atoms with Gasteiger partial charge in [-0.25, -0.2) is 4.39 Å². The van der Waals surface area contributed by atoms with Gasteiger partial charge in [-0.2, -0.15) is 9.36 Å². The molecule has 1 aromatic heterocycles. The SMILES string of the molecule is O=C(Nc1nc(-c2ccccc2)ns1)c1c(F)cccc1Br. The van der Waals surface area contributed by atoms with Crippen LogP contribution < -0.4 is 5.32 Å². The third-order valence-electron chi connectivity index (χ3n) is 2.87. The molecule has 0 spiro atoms. The van der Waals surface area contributed by atoms with Crippen LogP contribution in [0.1, 0.15) is 10.4 Å². The quantitative estimate of drug-likeness (QED) is 0.737. The molecule has 0 atom stereocenters. The monoisotopic (exact) mass is 377 g/mol. The predicted molar refractivity (Wildman–Crippen MR) is 87.4 cm³/mol. The molecular formula is C15H9BrFN3OS. The molecule has 2 aromatic carbocycles. The van der Waals surface area contributed by atoms with E-state index >= 15 is 0 Å². The van der Waals surface area contributed by atoms with Gasteiger partial charge in [0.2, 0.25) is 5.13 Å². The molecule has 0 aliphatic rings. The highest BCUT2D eigenvalue weighted by Gasteiger charge is 2.17. The number of anilines is 1. The Bertz CT molecular complexity index is 802. The molecule has 0 unspecified atom stereocenters. The molecule has 0 fully saturated rings. The van der Waals surface area contributed by atoms with Crippen molar-refractivity contribution in [2.24, 2.45) is 0 Å². The average Bonchev–Trinajstić information content (AvgIpc) is 2.96. The highest BCUT2D eigenvalue weighted by atomic mass is 79.9. The number of nitrogens with one attached hydrogen (secondary N) is 1. The first-order valence-electron chi connectivity index (χ1n) is 6.29. The fraction of sp³-hybridized carbons (Fsp3) is 0. The Hall–Kier alpha value is -2.12. The van der Waals surface area contributed by atoms with Gasteiger partial charge < -0.3 is 0 Å². The molecule has 0 aliphatic carbocycles. The summed E-state index contributed by atoms with van der Waals surface area (Å²) in [6, 6.07) is 13.8. The number of hydrogen-bond acceptors (Lipinski definition) is 4. The summed E-state index contributed by atoms with van der Waals surface area (Å²) < 4.78 is 18.3. The summed E-state index contributed by atoms with van der Waals surface area (Å²) in [5, 5.41) is 2.88. The number of carbonyl (C=O) groups excluding carboxylic acids is 1. The van der Waals surface area contributed by atoms with Gasteiger partial charge in [-0.3, -0.25) is 10.1 Å². The molecule has 0 saturated heterocycles. The molecule has 1 amide bonds. The van der Waals surface area contributed by atoms with Crippen molar-refractivity contribution in [3.8, 4) is 11.4 Å². The molecule has 0 aliphatic heterocycles. The van der Waals surface area contributed by atoms with Crippen LogP contribution in [0, 0.1) is 5.82 Å². The summed E-state index contributed by atoms with van der Waals surface area (Å²) >= 11 is 4.22. The summed E-state index contributed by atoms with van der Waals surface area (Å²) in [5.41, 5.74) is 0.797. The third kappa shape index (κ3) is 3.05. The maximum absolute atomic E-state index is 13.8. The lowest BCUT2D eigenvalue weighted by atomic mass is 10.2. The van der Waals surface area contributed by atoms with E-state index in [4.69, 9.17) is 0 Å². The smallest absolute Gasteiger partial charge is 0.261 e. The third-order valence-corrected chi connectivity index (χ3v) is 4.16. The van der Waals surface area contributed by atoms with Crippen molar-refractivity contribution < 1.29 is 9.18 Å². The van der Waals surface area contributed by atoms with Crippen LogP contribution in [0.5, 0.6) is 0 Å². The molecule has 0 radical (unpaired) electrons. The predicted octanol–water partition coefficient (Wildman–Crippen LogP) is 4.36. The highest BCUT2D eigenvalue weighted by molar-refractivity contribution is 9.10. The van der Waals surface area contributed by atoms with E-state index in [1.165, 1.54) is 12.1 Å². The van der Waals surface area contributed by atoms with E-state index in [9.17, 15) is 9.18 Å². The molecule has 1 N–H and O–H groups in total. The Balaban J connectivity index is 1.82. The van der Waals surface area contributed by atoms with E-state index in [1.54, 1.807) is 6.07 Å². The van der Waals surface area contributed by atoms with Gasteiger partial charge >= 0.3 is 0 Å². The summed E-state index contributed by atoms with van der Waals surface area (Å²) in [7, 11) is 0. The minimum Gasteiger partial charge on any atom is -0.296 e. The van der Waals surface area contributed by atoms with Crippen molar-refractivity contribution >= 4 is 38.5 Å². The van der Waals surface area contributed by atoms with E-state index in [0.29, 0.717) is 15.4 Å². The number of rotatable bonds is 3. The molecule has 4 nitrogen and oxygen atoms in total. The number of halogens is 2. The highest BCUT2D eigenvalue weighted by Crippen LogP contribution is 2.24. The lowest BCUT2D eigenvalue weighted by Gasteiger charge is -2.04. The van der Waals surface area contributed by atoms with Gasteiger partial charge in [0.05, 0.1) is 5.56 Å². The average molecular weight is 378 g/mol. The van der Waals surface area contributed by atoms with Crippen molar-refractivity contribution in [3.05, 3.63) is 64.4 Å². The zero-order chi connectivity index (χ0) is 15.5. The molecule has 7 heteroatoms. The Morgan fingerprint density at radius 2 is 1.91 bits per heavy atom. The van der Waals surface area contributed by atoms with Gasteiger partial charge in [0.15, 0.2) is 5.82 Å². The number of amides is 1. The first-order valence-corrected chi connectivity index (χ1v) is 7.86. The van der Waals surface area contributed by atoms with E-state index in [0.717, 1.165) is 17.1 Å². The van der Waals surface area contributed by atoms with Gasteiger partial charge in [0.1, 0.15) is 5.82 Å². The topological polar surface area (TPSA) is 54.9 Å². The van der Waals surface area contributed by atoms with E-state index in [1.807, 2.05) is 30.3 Å². The Morgan fingerprint density at radius 3 is 2.64 bits per heavy atom. The van der Waals surface area contributed by atoms with Crippen molar-refractivity contribution in [2.45, 2.75) is 0 Å². The Kier molecular flexibility index (Phi) is 4.26. The fourth-order valence-corrected chi connectivity index (χ4v) is 2.96. The number of carbonyl (C=O) groups is 1. The van der Waals surface area contributed by atoms with Gasteiger partial charge in [-0.05, 0) is 28.1 Å². The largest absolute Gasteiger partial charge is 0.296 e. The minimum atomic E-state index is -0.598. The molecule has 3 rings (SSSR count). The summed E-state index contributed by atoms with van der Waals surface area (Å²) in [4.78, 5) is 16.4. The molecule has 3 aromatic rings. The second-order valence-corrected chi connectivity index (χ2v) is 5.95. The van der Waals surface area contributed by atoms with Crippen molar-refractivity contribution in [3.63, 3.8) is 0 Å². The van der Waals surface area contributed by atoms with E-state index in [-0.39, 0.29) is 5.56 Å². The maximum Gasteiger partial charge on any atom is 0.261 e. The van der Waals surface area contributed by atoms with Gasteiger partial charge in [-0.1, -0.05) is 36.4 Å². The minimum absolute atomic E-state index is 0.0565.